The second-order valence-corrected chi connectivity index (χ2v) is 4.12. The van der Waals surface area contributed by atoms with Crippen LogP contribution in [0.25, 0.3) is 0 Å². The van der Waals surface area contributed by atoms with Crippen molar-refractivity contribution in [2.24, 2.45) is 5.73 Å². The zero-order chi connectivity index (χ0) is 15.2. The topological polar surface area (TPSA) is 118 Å². The van der Waals surface area contributed by atoms with Crippen LogP contribution in [0.2, 0.25) is 0 Å². The van der Waals surface area contributed by atoms with Crippen LogP contribution in [0, 0.1) is 0 Å². The highest BCUT2D eigenvalue weighted by molar-refractivity contribution is 5.94. The minimum Gasteiger partial charge on any atom is -0.489 e. The Kier molecular flexibility index (Phi) is 4.35. The van der Waals surface area contributed by atoms with E-state index in [2.05, 4.69) is 9.72 Å². The predicted octanol–water partition coefficient (Wildman–Crippen LogP) is 1.48. The van der Waals surface area contributed by atoms with Crippen molar-refractivity contribution in [3.63, 3.8) is 0 Å². The first-order chi connectivity index (χ1) is 10.0. The molecule has 0 aliphatic carbocycles. The smallest absolute Gasteiger partial charge is 0.412 e. The van der Waals surface area contributed by atoms with Crippen molar-refractivity contribution in [2.75, 3.05) is 5.73 Å². The fourth-order valence-corrected chi connectivity index (χ4v) is 1.55. The summed E-state index contributed by atoms with van der Waals surface area (Å²) < 4.78 is 9.79. The average Bonchev–Trinajstić information content (AvgIpc) is 2.46. The third-order valence-corrected chi connectivity index (χ3v) is 2.51. The second-order valence-electron chi connectivity index (χ2n) is 4.12. The van der Waals surface area contributed by atoms with Crippen LogP contribution in [0.15, 0.2) is 42.6 Å². The van der Waals surface area contributed by atoms with Crippen molar-refractivity contribution in [3.8, 4) is 5.75 Å². The van der Waals surface area contributed by atoms with Crippen molar-refractivity contribution in [1.82, 2.24) is 4.98 Å². The molecule has 7 heteroatoms. The highest BCUT2D eigenvalue weighted by Gasteiger charge is 2.12. The third-order valence-electron chi connectivity index (χ3n) is 2.51. The number of nitrogens with two attached hydrogens (primary N) is 2. The number of hydrogen-bond donors (Lipinski definition) is 2. The highest BCUT2D eigenvalue weighted by atomic mass is 16.6. The van der Waals surface area contributed by atoms with E-state index < -0.39 is 12.1 Å². The number of carbonyl (C=O) groups is 2. The number of carbonyl (C=O) groups excluding carboxylic acids is 2. The van der Waals surface area contributed by atoms with E-state index in [-0.39, 0.29) is 12.3 Å². The van der Waals surface area contributed by atoms with E-state index in [9.17, 15) is 9.59 Å². The Labute approximate surface area is 120 Å². The van der Waals surface area contributed by atoms with Crippen molar-refractivity contribution in [1.29, 1.82) is 0 Å². The Morgan fingerprint density at radius 3 is 2.52 bits per heavy atom. The van der Waals surface area contributed by atoms with Gasteiger partial charge in [-0.2, -0.15) is 0 Å². The maximum absolute atomic E-state index is 11.5. The van der Waals surface area contributed by atoms with Gasteiger partial charge in [0.1, 0.15) is 18.1 Å². The highest BCUT2D eigenvalue weighted by Crippen LogP contribution is 2.15. The normalized spacial score (nSPS) is 9.90. The number of nitrogen functional groups attached to an aromatic ring is 1. The van der Waals surface area contributed by atoms with Gasteiger partial charge in [0.05, 0.1) is 0 Å². The van der Waals surface area contributed by atoms with Gasteiger partial charge in [0, 0.05) is 11.9 Å². The lowest BCUT2D eigenvalue weighted by atomic mass is 10.2. The lowest BCUT2D eigenvalue weighted by Gasteiger charge is -2.07. The molecule has 0 bridgehead atoms. The number of benzene rings is 1. The molecule has 0 unspecified atom stereocenters. The first-order valence-electron chi connectivity index (χ1n) is 5.99. The summed E-state index contributed by atoms with van der Waals surface area (Å²) in [6.07, 6.45) is 0.240. The summed E-state index contributed by atoms with van der Waals surface area (Å²) in [5.41, 5.74) is 11.7. The monoisotopic (exact) mass is 287 g/mol. The van der Waals surface area contributed by atoms with Crippen LogP contribution in [-0.2, 0) is 11.3 Å². The molecule has 4 N–H and O–H groups in total. The fourth-order valence-electron chi connectivity index (χ4n) is 1.55. The molecule has 0 fully saturated rings. The quantitative estimate of drug-likeness (QED) is 0.499. The third kappa shape index (κ3) is 4.20. The van der Waals surface area contributed by atoms with Gasteiger partial charge < -0.3 is 20.9 Å². The van der Waals surface area contributed by atoms with Gasteiger partial charge in [-0.25, -0.2) is 14.6 Å². The van der Waals surface area contributed by atoms with Crippen LogP contribution in [0.3, 0.4) is 0 Å². The van der Waals surface area contributed by atoms with Crippen molar-refractivity contribution in [3.05, 3.63) is 53.9 Å². The summed E-state index contributed by atoms with van der Waals surface area (Å²) in [5, 5.41) is 0. The van der Waals surface area contributed by atoms with Gasteiger partial charge in [-0.05, 0) is 42.0 Å². The number of esters is 1. The van der Waals surface area contributed by atoms with Crippen LogP contribution in [0.5, 0.6) is 5.75 Å². The Morgan fingerprint density at radius 1 is 1.14 bits per heavy atom. The summed E-state index contributed by atoms with van der Waals surface area (Å²) in [7, 11) is 0. The van der Waals surface area contributed by atoms with Gasteiger partial charge in [0.15, 0.2) is 0 Å². The van der Waals surface area contributed by atoms with E-state index in [0.29, 0.717) is 17.0 Å². The number of aromatic nitrogens is 1. The molecule has 0 aliphatic rings. The van der Waals surface area contributed by atoms with Crippen LogP contribution < -0.4 is 16.2 Å². The summed E-state index contributed by atoms with van der Waals surface area (Å²) in [5.74, 6) is -0.265. The number of pyridine rings is 1. The molecule has 21 heavy (non-hydrogen) atoms. The van der Waals surface area contributed by atoms with E-state index in [1.807, 2.05) is 0 Å². The molecule has 1 heterocycles. The number of rotatable bonds is 4. The van der Waals surface area contributed by atoms with E-state index in [1.54, 1.807) is 30.3 Å². The first kappa shape index (κ1) is 14.3. The number of amides is 1. The number of ether oxygens (including phenoxy) is 2. The molecule has 2 rings (SSSR count). The molecular weight excluding hydrogens is 274 g/mol. The van der Waals surface area contributed by atoms with E-state index >= 15 is 0 Å². The lowest BCUT2D eigenvalue weighted by Crippen LogP contribution is -2.19. The average molecular weight is 287 g/mol. The van der Waals surface area contributed by atoms with Crippen molar-refractivity contribution < 1.29 is 19.1 Å². The Bertz CT molecular complexity index is 656. The number of anilines is 1. The molecule has 7 nitrogen and oxygen atoms in total. The molecule has 0 saturated heterocycles. The number of hydrogen-bond acceptors (Lipinski definition) is 6. The number of nitrogens with zero attached hydrogens (tertiary/aromatic N) is 1. The summed E-state index contributed by atoms with van der Waals surface area (Å²) in [6, 6.07) is 10.0. The minimum atomic E-state index is -1.18. The maximum atomic E-state index is 11.5. The standard InChI is InChI=1S/C14H13N3O4/c15-10-1-3-11(4-2-10)20-8-9-5-6-17-12(7-9)13(18)21-14(16)19/h1-7H,8,15H2,(H2,16,19). The van der Waals surface area contributed by atoms with E-state index in [0.717, 1.165) is 0 Å². The Hall–Kier alpha value is -3.09. The number of primary amides is 1. The van der Waals surface area contributed by atoms with Crippen LogP contribution in [0.4, 0.5) is 10.5 Å². The molecule has 0 radical (unpaired) electrons. The summed E-state index contributed by atoms with van der Waals surface area (Å²) >= 11 is 0. The Balaban J connectivity index is 2.02. The Morgan fingerprint density at radius 2 is 1.86 bits per heavy atom. The molecule has 0 spiro atoms. The molecule has 1 aromatic heterocycles. The molecule has 2 aromatic rings. The zero-order valence-corrected chi connectivity index (χ0v) is 11.0. The van der Waals surface area contributed by atoms with E-state index in [4.69, 9.17) is 16.2 Å². The zero-order valence-electron chi connectivity index (χ0n) is 11.0. The molecule has 0 aliphatic heterocycles. The van der Waals surface area contributed by atoms with Gasteiger partial charge in [-0.3, -0.25) is 0 Å². The predicted molar refractivity (Wildman–Crippen MR) is 74.4 cm³/mol. The van der Waals surface area contributed by atoms with Gasteiger partial charge in [-0.15, -0.1) is 0 Å². The largest absolute Gasteiger partial charge is 0.489 e. The van der Waals surface area contributed by atoms with Crippen LogP contribution >= 0.6 is 0 Å². The fraction of sp³-hybridized carbons (Fsp3) is 0.0714. The SMILES string of the molecule is NC(=O)OC(=O)c1cc(COc2ccc(N)cc2)ccn1. The van der Waals surface area contributed by atoms with E-state index in [1.165, 1.54) is 12.3 Å². The second kappa shape index (κ2) is 6.38. The van der Waals surface area contributed by atoms with Gasteiger partial charge in [0.2, 0.25) is 0 Å². The van der Waals surface area contributed by atoms with Crippen molar-refractivity contribution in [2.45, 2.75) is 6.61 Å². The lowest BCUT2D eigenvalue weighted by molar-refractivity contribution is 0.0632. The molecule has 0 saturated carbocycles. The van der Waals surface area contributed by atoms with Crippen LogP contribution in [-0.4, -0.2) is 17.0 Å². The summed E-state index contributed by atoms with van der Waals surface area (Å²) in [6.45, 7) is 0.225. The molecule has 1 aromatic carbocycles. The molecule has 0 atom stereocenters. The summed E-state index contributed by atoms with van der Waals surface area (Å²) in [4.78, 5) is 25.8. The van der Waals surface area contributed by atoms with Gasteiger partial charge in [-0.1, -0.05) is 0 Å². The van der Waals surface area contributed by atoms with Gasteiger partial charge >= 0.3 is 12.1 Å². The minimum absolute atomic E-state index is 0.0211. The van der Waals surface area contributed by atoms with Gasteiger partial charge in [0.25, 0.3) is 0 Å². The molecule has 1 amide bonds. The first-order valence-corrected chi connectivity index (χ1v) is 5.99. The molecule has 108 valence electrons. The van der Waals surface area contributed by atoms with Crippen molar-refractivity contribution >= 4 is 17.7 Å². The maximum Gasteiger partial charge on any atom is 0.412 e. The molecular formula is C14H13N3O4. The van der Waals surface area contributed by atoms with Crippen LogP contribution in [0.1, 0.15) is 16.1 Å².